The second-order valence-corrected chi connectivity index (χ2v) is 8.71. The minimum Gasteiger partial charge on any atom is -0.508 e. The summed E-state index contributed by atoms with van der Waals surface area (Å²) in [5.74, 6) is 1.12. The van der Waals surface area contributed by atoms with Gasteiger partial charge in [0.05, 0.1) is 23.9 Å². The molecule has 0 unspecified atom stereocenters. The fourth-order valence-electron chi connectivity index (χ4n) is 4.68. The van der Waals surface area contributed by atoms with Crippen molar-refractivity contribution in [3.05, 3.63) is 30.6 Å². The topological polar surface area (TPSA) is 102 Å². The Kier molecular flexibility index (Phi) is 6.20. The summed E-state index contributed by atoms with van der Waals surface area (Å²) in [4.78, 5) is 13.8. The Balaban J connectivity index is 1.22. The summed E-state index contributed by atoms with van der Waals surface area (Å²) in [5, 5.41) is 21.5. The van der Waals surface area contributed by atoms with E-state index in [1.54, 1.807) is 18.5 Å². The van der Waals surface area contributed by atoms with Gasteiger partial charge in [-0.1, -0.05) is 0 Å². The number of ether oxygens (including phenoxy) is 1. The van der Waals surface area contributed by atoms with Gasteiger partial charge in [-0.3, -0.25) is 10.00 Å². The molecule has 3 aromatic rings. The van der Waals surface area contributed by atoms with Crippen molar-refractivity contribution in [2.45, 2.75) is 31.9 Å². The number of nitrogens with zero attached hydrogens (tertiary/aromatic N) is 5. The zero-order chi connectivity index (χ0) is 21.9. The Hall–Kier alpha value is -2.75. The number of phenolic OH excluding ortho intramolecular Hbond substituents is 1. The lowest BCUT2D eigenvalue weighted by Crippen LogP contribution is -2.53. The maximum atomic E-state index is 9.87. The van der Waals surface area contributed by atoms with E-state index in [1.807, 2.05) is 12.1 Å². The van der Waals surface area contributed by atoms with Crippen molar-refractivity contribution < 1.29 is 9.84 Å². The second kappa shape index (κ2) is 9.40. The fraction of sp³-hybridized carbons (Fsp3) is 0.522. The summed E-state index contributed by atoms with van der Waals surface area (Å²) >= 11 is 0. The summed E-state index contributed by atoms with van der Waals surface area (Å²) in [5.41, 5.74) is 2.34. The lowest BCUT2D eigenvalue weighted by atomic mass is 10.1. The van der Waals surface area contributed by atoms with Crippen LogP contribution in [0, 0.1) is 0 Å². The van der Waals surface area contributed by atoms with Crippen LogP contribution in [0.5, 0.6) is 5.75 Å². The minimum absolute atomic E-state index is 0.212. The number of aromatic hydroxyl groups is 1. The Labute approximate surface area is 187 Å². The van der Waals surface area contributed by atoms with Crippen LogP contribution in [0.15, 0.2) is 30.6 Å². The molecule has 2 saturated heterocycles. The molecule has 2 aromatic heterocycles. The van der Waals surface area contributed by atoms with E-state index in [-0.39, 0.29) is 5.75 Å². The molecule has 9 heteroatoms. The van der Waals surface area contributed by atoms with E-state index in [9.17, 15) is 5.11 Å². The molecular formula is C23H31N7O2. The van der Waals surface area contributed by atoms with E-state index in [0.717, 1.165) is 86.8 Å². The highest BCUT2D eigenvalue weighted by Crippen LogP contribution is 2.29. The van der Waals surface area contributed by atoms with Gasteiger partial charge in [0, 0.05) is 43.7 Å². The molecule has 2 fully saturated rings. The van der Waals surface area contributed by atoms with E-state index in [2.05, 4.69) is 42.2 Å². The normalized spacial score (nSPS) is 20.8. The Morgan fingerprint density at radius 2 is 2.03 bits per heavy atom. The van der Waals surface area contributed by atoms with Crippen LogP contribution in [0.25, 0.3) is 22.3 Å². The van der Waals surface area contributed by atoms with Gasteiger partial charge in [-0.2, -0.15) is 5.10 Å². The van der Waals surface area contributed by atoms with Gasteiger partial charge in [-0.25, -0.2) is 9.97 Å². The molecule has 0 bridgehead atoms. The largest absolute Gasteiger partial charge is 0.508 e. The fourth-order valence-corrected chi connectivity index (χ4v) is 4.68. The van der Waals surface area contributed by atoms with Crippen LogP contribution in [0.3, 0.4) is 0 Å². The van der Waals surface area contributed by atoms with Crippen LogP contribution >= 0.6 is 0 Å². The third-order valence-electron chi connectivity index (χ3n) is 6.55. The number of nitrogens with one attached hydrogen (secondary N) is 2. The third kappa shape index (κ3) is 4.55. The minimum atomic E-state index is 0.212. The molecule has 4 heterocycles. The van der Waals surface area contributed by atoms with Gasteiger partial charge >= 0.3 is 0 Å². The molecule has 0 spiro atoms. The van der Waals surface area contributed by atoms with Gasteiger partial charge in [0.15, 0.2) is 0 Å². The summed E-state index contributed by atoms with van der Waals surface area (Å²) in [6.07, 6.45) is 4.24. The standard InChI is InChI=1S/C23H31N7O2/c1-16-14-30(9-8-29(16)10-11-32-18-4-6-24-7-5-18)22-13-21(25-15-26-22)23-19-12-17(31)2-3-20(19)27-28-23/h2-3,12-13,15-16,18,24,31H,4-11,14H2,1H3,(H,27,28)/t16-/m0/s1. The highest BCUT2D eigenvalue weighted by atomic mass is 16.5. The van der Waals surface area contributed by atoms with Crippen LogP contribution < -0.4 is 10.2 Å². The molecular weight excluding hydrogens is 406 g/mol. The molecule has 5 rings (SSSR count). The highest BCUT2D eigenvalue weighted by Gasteiger charge is 2.25. The van der Waals surface area contributed by atoms with Gasteiger partial charge in [0.2, 0.25) is 0 Å². The second-order valence-electron chi connectivity index (χ2n) is 8.71. The van der Waals surface area contributed by atoms with Crippen molar-refractivity contribution in [2.24, 2.45) is 0 Å². The van der Waals surface area contributed by atoms with Crippen molar-refractivity contribution >= 4 is 16.7 Å². The van der Waals surface area contributed by atoms with Crippen LogP contribution in [-0.4, -0.2) is 88.2 Å². The average molecular weight is 438 g/mol. The summed E-state index contributed by atoms with van der Waals surface area (Å²) in [7, 11) is 0. The number of piperidine rings is 1. The molecule has 1 atom stereocenters. The first-order valence-electron chi connectivity index (χ1n) is 11.5. The van der Waals surface area contributed by atoms with Crippen molar-refractivity contribution in [3.8, 4) is 17.1 Å². The molecule has 0 amide bonds. The number of aromatic amines is 1. The van der Waals surface area contributed by atoms with Gasteiger partial charge in [-0.05, 0) is 51.1 Å². The lowest BCUT2D eigenvalue weighted by Gasteiger charge is -2.40. The first-order chi connectivity index (χ1) is 15.7. The predicted octanol–water partition coefficient (Wildman–Crippen LogP) is 2.00. The number of hydrogen-bond donors (Lipinski definition) is 3. The number of H-pyrrole nitrogens is 1. The molecule has 0 saturated carbocycles. The lowest BCUT2D eigenvalue weighted by molar-refractivity contribution is 0.0136. The van der Waals surface area contributed by atoms with Crippen LogP contribution in [-0.2, 0) is 4.74 Å². The number of aromatic nitrogens is 4. The predicted molar refractivity (Wildman–Crippen MR) is 124 cm³/mol. The van der Waals surface area contributed by atoms with E-state index < -0.39 is 0 Å². The molecule has 170 valence electrons. The zero-order valence-corrected chi connectivity index (χ0v) is 18.5. The quantitative estimate of drug-likeness (QED) is 0.538. The maximum Gasteiger partial charge on any atom is 0.132 e. The number of benzene rings is 1. The summed E-state index contributed by atoms with van der Waals surface area (Å²) < 4.78 is 6.10. The van der Waals surface area contributed by atoms with E-state index in [0.29, 0.717) is 12.1 Å². The van der Waals surface area contributed by atoms with E-state index in [1.165, 1.54) is 0 Å². The van der Waals surface area contributed by atoms with Crippen LogP contribution in [0.1, 0.15) is 19.8 Å². The molecule has 32 heavy (non-hydrogen) atoms. The van der Waals surface area contributed by atoms with Crippen molar-refractivity contribution in [2.75, 3.05) is 50.8 Å². The number of anilines is 1. The smallest absolute Gasteiger partial charge is 0.132 e. The molecule has 0 aliphatic carbocycles. The van der Waals surface area contributed by atoms with Crippen LogP contribution in [0.4, 0.5) is 5.82 Å². The number of piperazine rings is 1. The monoisotopic (exact) mass is 437 g/mol. The van der Waals surface area contributed by atoms with Crippen LogP contribution in [0.2, 0.25) is 0 Å². The maximum absolute atomic E-state index is 9.87. The number of fused-ring (bicyclic) bond motifs is 1. The zero-order valence-electron chi connectivity index (χ0n) is 18.5. The van der Waals surface area contributed by atoms with Gasteiger partial charge in [0.1, 0.15) is 23.6 Å². The van der Waals surface area contributed by atoms with Crippen molar-refractivity contribution in [1.29, 1.82) is 0 Å². The molecule has 9 nitrogen and oxygen atoms in total. The number of hydrogen-bond acceptors (Lipinski definition) is 8. The average Bonchev–Trinajstić information content (AvgIpc) is 3.24. The van der Waals surface area contributed by atoms with E-state index in [4.69, 9.17) is 4.74 Å². The molecule has 2 aliphatic heterocycles. The number of phenols is 1. The summed E-state index contributed by atoms with van der Waals surface area (Å²) in [6.45, 7) is 8.97. The first-order valence-corrected chi connectivity index (χ1v) is 11.5. The third-order valence-corrected chi connectivity index (χ3v) is 6.55. The Morgan fingerprint density at radius 1 is 1.16 bits per heavy atom. The van der Waals surface area contributed by atoms with Gasteiger partial charge < -0.3 is 20.1 Å². The van der Waals surface area contributed by atoms with Crippen molar-refractivity contribution in [3.63, 3.8) is 0 Å². The Bertz CT molecular complexity index is 1050. The van der Waals surface area contributed by atoms with Gasteiger partial charge in [0.25, 0.3) is 0 Å². The first kappa shape index (κ1) is 21.1. The summed E-state index contributed by atoms with van der Waals surface area (Å²) in [6, 6.07) is 7.58. The highest BCUT2D eigenvalue weighted by molar-refractivity contribution is 5.93. The van der Waals surface area contributed by atoms with Crippen molar-refractivity contribution in [1.82, 2.24) is 30.4 Å². The molecule has 0 radical (unpaired) electrons. The number of rotatable bonds is 6. The molecule has 2 aliphatic rings. The van der Waals surface area contributed by atoms with Gasteiger partial charge in [-0.15, -0.1) is 0 Å². The SMILES string of the molecule is C[C@H]1CN(c2cc(-c3n[nH]c4ccc(O)cc34)ncn2)CCN1CCOC1CCNCC1. The molecule has 3 N–H and O–H groups in total. The van der Waals surface area contributed by atoms with E-state index >= 15 is 0 Å². The molecule has 1 aromatic carbocycles. The Morgan fingerprint density at radius 3 is 2.88 bits per heavy atom.